The Morgan fingerprint density at radius 1 is 1.39 bits per heavy atom. The van der Waals surface area contributed by atoms with Gasteiger partial charge in [-0.1, -0.05) is 23.2 Å². The molecule has 94 valence electrons. The Bertz CT molecular complexity index is 626. The lowest BCUT2D eigenvalue weighted by Gasteiger charge is -2.10. The second-order valence-corrected chi connectivity index (χ2v) is 4.40. The van der Waals surface area contributed by atoms with Crippen LogP contribution in [0.5, 0.6) is 5.75 Å². The molecule has 0 aliphatic rings. The van der Waals surface area contributed by atoms with E-state index < -0.39 is 0 Å². The molecule has 0 fully saturated rings. The van der Waals surface area contributed by atoms with Gasteiger partial charge in [-0.2, -0.15) is 0 Å². The zero-order valence-corrected chi connectivity index (χ0v) is 11.1. The first-order valence-corrected chi connectivity index (χ1v) is 5.91. The molecule has 2 rings (SSSR count). The van der Waals surface area contributed by atoms with Crippen LogP contribution in [-0.4, -0.2) is 16.7 Å². The molecule has 0 radical (unpaired) electrons. The molecule has 2 aromatic rings. The summed E-state index contributed by atoms with van der Waals surface area (Å²) in [6, 6.07) is 5.23. The molecule has 0 saturated heterocycles. The van der Waals surface area contributed by atoms with Crippen molar-refractivity contribution in [2.24, 2.45) is 0 Å². The monoisotopic (exact) mass is 284 g/mol. The number of ether oxygens (including phenoxy) is 1. The number of rotatable bonds is 3. The molecule has 4 nitrogen and oxygen atoms in total. The quantitative estimate of drug-likeness (QED) is 0.870. The first kappa shape index (κ1) is 12.9. The van der Waals surface area contributed by atoms with Crippen molar-refractivity contribution >= 4 is 23.2 Å². The van der Waals surface area contributed by atoms with Gasteiger partial charge in [0.1, 0.15) is 5.75 Å². The van der Waals surface area contributed by atoms with E-state index in [9.17, 15) is 4.79 Å². The predicted octanol–water partition coefficient (Wildman–Crippen LogP) is 2.61. The van der Waals surface area contributed by atoms with Gasteiger partial charge in [0.15, 0.2) is 5.15 Å². The fourth-order valence-electron chi connectivity index (χ4n) is 1.60. The topological polar surface area (TPSA) is 44.1 Å². The van der Waals surface area contributed by atoms with E-state index in [1.807, 2.05) is 0 Å². The van der Waals surface area contributed by atoms with Crippen LogP contribution in [0, 0.1) is 0 Å². The molecular formula is C12H10Cl2N2O2. The minimum absolute atomic E-state index is 0.0569. The second kappa shape index (κ2) is 5.42. The highest BCUT2D eigenvalue weighted by atomic mass is 35.5. The fourth-order valence-corrected chi connectivity index (χ4v) is 1.96. The van der Waals surface area contributed by atoms with Crippen LogP contribution < -0.4 is 10.3 Å². The molecule has 0 amide bonds. The van der Waals surface area contributed by atoms with Gasteiger partial charge in [-0.05, 0) is 18.2 Å². The Hall–Kier alpha value is -1.52. The molecule has 0 aliphatic carbocycles. The van der Waals surface area contributed by atoms with Crippen LogP contribution in [0.2, 0.25) is 10.2 Å². The highest BCUT2D eigenvalue weighted by Crippen LogP contribution is 2.23. The van der Waals surface area contributed by atoms with Crippen molar-refractivity contribution in [3.63, 3.8) is 0 Å². The van der Waals surface area contributed by atoms with Crippen molar-refractivity contribution in [1.82, 2.24) is 9.55 Å². The molecule has 0 saturated carbocycles. The Kier molecular flexibility index (Phi) is 3.89. The van der Waals surface area contributed by atoms with Gasteiger partial charge < -0.3 is 9.30 Å². The lowest BCUT2D eigenvalue weighted by Crippen LogP contribution is -2.21. The van der Waals surface area contributed by atoms with Gasteiger partial charge in [0.05, 0.1) is 13.7 Å². The number of hydrogen-bond donors (Lipinski definition) is 0. The highest BCUT2D eigenvalue weighted by molar-refractivity contribution is 6.30. The minimum Gasteiger partial charge on any atom is -0.496 e. The van der Waals surface area contributed by atoms with Crippen LogP contribution in [0.25, 0.3) is 0 Å². The molecular weight excluding hydrogens is 275 g/mol. The summed E-state index contributed by atoms with van der Waals surface area (Å²) in [6.45, 7) is 0.324. The predicted molar refractivity (Wildman–Crippen MR) is 70.6 cm³/mol. The zero-order valence-electron chi connectivity index (χ0n) is 9.56. The van der Waals surface area contributed by atoms with Crippen LogP contribution in [0.4, 0.5) is 0 Å². The maximum absolute atomic E-state index is 11.8. The van der Waals surface area contributed by atoms with Crippen molar-refractivity contribution in [1.29, 1.82) is 0 Å². The van der Waals surface area contributed by atoms with Gasteiger partial charge in [-0.25, -0.2) is 4.98 Å². The molecule has 6 heteroatoms. The third kappa shape index (κ3) is 2.66. The SMILES string of the molecule is COc1ccc(Cl)cc1Cn1ccnc(Cl)c1=O. The van der Waals surface area contributed by atoms with Gasteiger partial charge in [0.25, 0.3) is 5.56 Å². The van der Waals surface area contributed by atoms with Crippen molar-refractivity contribution < 1.29 is 4.74 Å². The number of halogens is 2. The molecule has 0 bridgehead atoms. The minimum atomic E-state index is -0.346. The second-order valence-electron chi connectivity index (χ2n) is 3.61. The summed E-state index contributed by atoms with van der Waals surface area (Å²) < 4.78 is 6.67. The molecule has 0 atom stereocenters. The van der Waals surface area contributed by atoms with E-state index in [1.54, 1.807) is 31.5 Å². The van der Waals surface area contributed by atoms with Crippen LogP contribution in [-0.2, 0) is 6.54 Å². The van der Waals surface area contributed by atoms with Gasteiger partial charge in [-0.15, -0.1) is 0 Å². The summed E-state index contributed by atoms with van der Waals surface area (Å²) in [5, 5.41) is 0.525. The average molecular weight is 285 g/mol. The third-order valence-corrected chi connectivity index (χ3v) is 2.95. The third-order valence-electron chi connectivity index (χ3n) is 2.45. The average Bonchev–Trinajstić information content (AvgIpc) is 2.35. The lowest BCUT2D eigenvalue weighted by atomic mass is 10.2. The van der Waals surface area contributed by atoms with Crippen LogP contribution in [0.15, 0.2) is 35.4 Å². The molecule has 1 aromatic carbocycles. The van der Waals surface area contributed by atoms with Gasteiger partial charge in [-0.3, -0.25) is 4.79 Å². The number of nitrogens with zero attached hydrogens (tertiary/aromatic N) is 2. The van der Waals surface area contributed by atoms with Crippen molar-refractivity contribution in [3.05, 3.63) is 56.7 Å². The summed E-state index contributed by atoms with van der Waals surface area (Å²) in [6.07, 6.45) is 3.04. The first-order valence-electron chi connectivity index (χ1n) is 5.15. The molecule has 0 aliphatic heterocycles. The molecule has 1 heterocycles. The smallest absolute Gasteiger partial charge is 0.288 e. The summed E-state index contributed by atoms with van der Waals surface area (Å²) in [5.74, 6) is 0.666. The maximum Gasteiger partial charge on any atom is 0.288 e. The number of methoxy groups -OCH3 is 1. The fraction of sp³-hybridized carbons (Fsp3) is 0.167. The normalized spacial score (nSPS) is 10.4. The summed E-state index contributed by atoms with van der Waals surface area (Å²) >= 11 is 11.6. The lowest BCUT2D eigenvalue weighted by molar-refractivity contribution is 0.408. The van der Waals surface area contributed by atoms with Crippen LogP contribution in [0.3, 0.4) is 0 Å². The standard InChI is InChI=1S/C12H10Cl2N2O2/c1-18-10-3-2-9(13)6-8(10)7-16-5-4-15-11(14)12(16)17/h2-6H,7H2,1H3. The maximum atomic E-state index is 11.8. The van der Waals surface area contributed by atoms with E-state index in [0.717, 1.165) is 5.56 Å². The molecule has 0 spiro atoms. The van der Waals surface area contributed by atoms with Crippen LogP contribution in [0.1, 0.15) is 5.56 Å². The van der Waals surface area contributed by atoms with Gasteiger partial charge in [0.2, 0.25) is 0 Å². The van der Waals surface area contributed by atoms with E-state index in [0.29, 0.717) is 17.3 Å². The first-order chi connectivity index (χ1) is 8.61. The van der Waals surface area contributed by atoms with Crippen molar-refractivity contribution in [2.45, 2.75) is 6.54 Å². The van der Waals surface area contributed by atoms with Gasteiger partial charge in [0, 0.05) is 23.0 Å². The largest absolute Gasteiger partial charge is 0.496 e. The van der Waals surface area contributed by atoms with E-state index in [2.05, 4.69) is 4.98 Å². The zero-order chi connectivity index (χ0) is 13.1. The van der Waals surface area contributed by atoms with Crippen molar-refractivity contribution in [2.75, 3.05) is 7.11 Å². The van der Waals surface area contributed by atoms with E-state index in [4.69, 9.17) is 27.9 Å². The van der Waals surface area contributed by atoms with Crippen molar-refractivity contribution in [3.8, 4) is 5.75 Å². The summed E-state index contributed by atoms with van der Waals surface area (Å²) in [7, 11) is 1.56. The van der Waals surface area contributed by atoms with E-state index >= 15 is 0 Å². The highest BCUT2D eigenvalue weighted by Gasteiger charge is 2.07. The number of aromatic nitrogens is 2. The molecule has 0 N–H and O–H groups in total. The number of hydrogen-bond acceptors (Lipinski definition) is 3. The molecule has 18 heavy (non-hydrogen) atoms. The Morgan fingerprint density at radius 3 is 2.89 bits per heavy atom. The van der Waals surface area contributed by atoms with E-state index in [-0.39, 0.29) is 10.7 Å². The summed E-state index contributed by atoms with van der Waals surface area (Å²) in [4.78, 5) is 15.5. The number of benzene rings is 1. The van der Waals surface area contributed by atoms with Crippen LogP contribution >= 0.6 is 23.2 Å². The molecule has 0 unspecified atom stereocenters. The Morgan fingerprint density at radius 2 is 2.17 bits per heavy atom. The Labute approximate surface area is 114 Å². The Balaban J connectivity index is 2.42. The summed E-state index contributed by atoms with van der Waals surface area (Å²) in [5.41, 5.74) is 0.454. The van der Waals surface area contributed by atoms with Gasteiger partial charge >= 0.3 is 0 Å². The van der Waals surface area contributed by atoms with E-state index in [1.165, 1.54) is 10.8 Å². The molecule has 1 aromatic heterocycles.